The molecule has 0 fully saturated rings. The molecule has 1 aromatic rings. The standard InChI is InChI=1S/C12H18O5S/c1-15-10-16-12-7-5-11(6-8-12)4-3-9-17-18(2,13)14/h5-8H,3-4,9-10H2,1-2H3. The molecule has 0 bridgehead atoms. The second kappa shape index (κ2) is 7.35. The van der Waals surface area contributed by atoms with Crippen LogP contribution < -0.4 is 4.74 Å². The molecule has 0 aliphatic rings. The fourth-order valence-corrected chi connectivity index (χ4v) is 1.79. The Labute approximate surface area is 108 Å². The molecule has 0 N–H and O–H groups in total. The smallest absolute Gasteiger partial charge is 0.264 e. The van der Waals surface area contributed by atoms with E-state index < -0.39 is 10.1 Å². The molecule has 18 heavy (non-hydrogen) atoms. The molecule has 1 rings (SSSR count). The Balaban J connectivity index is 2.31. The molecule has 0 aliphatic heterocycles. The lowest BCUT2D eigenvalue weighted by molar-refractivity contribution is 0.0511. The van der Waals surface area contributed by atoms with Crippen LogP contribution in [-0.4, -0.2) is 35.2 Å². The molecule has 0 unspecified atom stereocenters. The van der Waals surface area contributed by atoms with E-state index in [9.17, 15) is 8.42 Å². The van der Waals surface area contributed by atoms with Gasteiger partial charge in [-0.3, -0.25) is 4.18 Å². The number of rotatable bonds is 8. The summed E-state index contributed by atoms with van der Waals surface area (Å²) in [7, 11) is -1.76. The second-order valence-corrected chi connectivity index (χ2v) is 5.47. The van der Waals surface area contributed by atoms with E-state index in [-0.39, 0.29) is 13.4 Å². The number of hydrogen-bond acceptors (Lipinski definition) is 5. The molecule has 0 aliphatic carbocycles. The van der Waals surface area contributed by atoms with Crippen LogP contribution in [0.2, 0.25) is 0 Å². The highest BCUT2D eigenvalue weighted by atomic mass is 32.2. The van der Waals surface area contributed by atoms with Gasteiger partial charge in [0.15, 0.2) is 6.79 Å². The van der Waals surface area contributed by atoms with Crippen LogP contribution in [0.3, 0.4) is 0 Å². The van der Waals surface area contributed by atoms with Crippen LogP contribution in [0.1, 0.15) is 12.0 Å². The molecule has 0 heterocycles. The lowest BCUT2D eigenvalue weighted by Crippen LogP contribution is -2.04. The topological polar surface area (TPSA) is 61.8 Å². The summed E-state index contributed by atoms with van der Waals surface area (Å²) in [6, 6.07) is 7.58. The molecule has 5 nitrogen and oxygen atoms in total. The quantitative estimate of drug-likeness (QED) is 0.409. The lowest BCUT2D eigenvalue weighted by atomic mass is 10.1. The van der Waals surface area contributed by atoms with E-state index in [1.165, 1.54) is 0 Å². The van der Waals surface area contributed by atoms with E-state index in [1.807, 2.05) is 24.3 Å². The van der Waals surface area contributed by atoms with Crippen molar-refractivity contribution in [1.82, 2.24) is 0 Å². The van der Waals surface area contributed by atoms with Gasteiger partial charge in [-0.05, 0) is 30.5 Å². The van der Waals surface area contributed by atoms with Crippen LogP contribution >= 0.6 is 0 Å². The Morgan fingerprint density at radius 2 is 1.83 bits per heavy atom. The molecule has 0 spiro atoms. The van der Waals surface area contributed by atoms with E-state index in [0.29, 0.717) is 6.42 Å². The van der Waals surface area contributed by atoms with Crippen molar-refractivity contribution in [3.05, 3.63) is 29.8 Å². The largest absolute Gasteiger partial charge is 0.468 e. The van der Waals surface area contributed by atoms with E-state index in [0.717, 1.165) is 24.0 Å². The molecular weight excluding hydrogens is 256 g/mol. The maximum Gasteiger partial charge on any atom is 0.264 e. The third kappa shape index (κ3) is 6.58. The van der Waals surface area contributed by atoms with Crippen molar-refractivity contribution in [2.75, 3.05) is 26.8 Å². The first kappa shape index (κ1) is 14.9. The fourth-order valence-electron chi connectivity index (χ4n) is 1.37. The summed E-state index contributed by atoms with van der Waals surface area (Å²) in [6.45, 7) is 0.433. The van der Waals surface area contributed by atoms with Gasteiger partial charge in [-0.2, -0.15) is 8.42 Å². The average Bonchev–Trinajstić information content (AvgIpc) is 2.32. The highest BCUT2D eigenvalue weighted by Crippen LogP contribution is 2.13. The van der Waals surface area contributed by atoms with Gasteiger partial charge < -0.3 is 9.47 Å². The van der Waals surface area contributed by atoms with E-state index in [2.05, 4.69) is 4.18 Å². The zero-order valence-corrected chi connectivity index (χ0v) is 11.4. The van der Waals surface area contributed by atoms with Crippen molar-refractivity contribution < 1.29 is 22.1 Å². The molecule has 6 heteroatoms. The zero-order chi connectivity index (χ0) is 13.4. The van der Waals surface area contributed by atoms with Crippen molar-refractivity contribution in [1.29, 1.82) is 0 Å². The number of aryl methyl sites for hydroxylation is 1. The molecular formula is C12H18O5S. The molecule has 102 valence electrons. The normalized spacial score (nSPS) is 11.4. The average molecular weight is 274 g/mol. The summed E-state index contributed by atoms with van der Waals surface area (Å²) in [5, 5.41) is 0. The van der Waals surface area contributed by atoms with Gasteiger partial charge in [0, 0.05) is 7.11 Å². The van der Waals surface area contributed by atoms with Gasteiger partial charge in [-0.1, -0.05) is 12.1 Å². The van der Waals surface area contributed by atoms with Crippen LogP contribution in [0.25, 0.3) is 0 Å². The molecule has 0 saturated carbocycles. The van der Waals surface area contributed by atoms with Crippen molar-refractivity contribution in [3.63, 3.8) is 0 Å². The maximum atomic E-state index is 10.7. The molecule has 0 saturated heterocycles. The summed E-state index contributed by atoms with van der Waals surface area (Å²) < 4.78 is 36.2. The number of hydrogen-bond donors (Lipinski definition) is 0. The highest BCUT2D eigenvalue weighted by Gasteiger charge is 2.01. The molecule has 0 radical (unpaired) electrons. The van der Waals surface area contributed by atoms with Crippen molar-refractivity contribution >= 4 is 10.1 Å². The first-order valence-electron chi connectivity index (χ1n) is 5.56. The summed E-state index contributed by atoms with van der Waals surface area (Å²) in [5.74, 6) is 0.744. The Morgan fingerprint density at radius 3 is 2.39 bits per heavy atom. The molecule has 0 amide bonds. The van der Waals surface area contributed by atoms with Crippen LogP contribution in [0, 0.1) is 0 Å². The van der Waals surface area contributed by atoms with Crippen LogP contribution in [0.15, 0.2) is 24.3 Å². The van der Waals surface area contributed by atoms with E-state index in [4.69, 9.17) is 9.47 Å². The number of benzene rings is 1. The van der Waals surface area contributed by atoms with Crippen LogP contribution in [0.4, 0.5) is 0 Å². The predicted molar refractivity (Wildman–Crippen MR) is 68.1 cm³/mol. The summed E-state index contributed by atoms with van der Waals surface area (Å²) in [4.78, 5) is 0. The SMILES string of the molecule is COCOc1ccc(CCCOS(C)(=O)=O)cc1. The van der Waals surface area contributed by atoms with Gasteiger partial charge in [-0.15, -0.1) is 0 Å². The van der Waals surface area contributed by atoms with Crippen LogP contribution in [-0.2, 0) is 25.5 Å². The first-order valence-corrected chi connectivity index (χ1v) is 7.38. The lowest BCUT2D eigenvalue weighted by Gasteiger charge is -2.06. The fraction of sp³-hybridized carbons (Fsp3) is 0.500. The van der Waals surface area contributed by atoms with Gasteiger partial charge in [0.25, 0.3) is 10.1 Å². The zero-order valence-electron chi connectivity index (χ0n) is 10.6. The number of ether oxygens (including phenoxy) is 2. The predicted octanol–water partition coefficient (Wildman–Crippen LogP) is 1.58. The number of methoxy groups -OCH3 is 1. The minimum absolute atomic E-state index is 0.209. The van der Waals surface area contributed by atoms with Gasteiger partial charge in [0.05, 0.1) is 12.9 Å². The Bertz CT molecular complexity index is 438. The summed E-state index contributed by atoms with van der Waals surface area (Å²) in [5.41, 5.74) is 1.11. The van der Waals surface area contributed by atoms with Crippen molar-refractivity contribution in [2.45, 2.75) is 12.8 Å². The molecule has 0 aromatic heterocycles. The Hall–Kier alpha value is -1.11. The van der Waals surface area contributed by atoms with Gasteiger partial charge in [0.1, 0.15) is 5.75 Å². The van der Waals surface area contributed by atoms with Gasteiger partial charge in [0.2, 0.25) is 0 Å². The first-order chi connectivity index (χ1) is 8.51. The monoisotopic (exact) mass is 274 g/mol. The second-order valence-electron chi connectivity index (χ2n) is 3.82. The van der Waals surface area contributed by atoms with Crippen molar-refractivity contribution in [2.24, 2.45) is 0 Å². The van der Waals surface area contributed by atoms with Gasteiger partial charge in [-0.25, -0.2) is 0 Å². The van der Waals surface area contributed by atoms with Crippen molar-refractivity contribution in [3.8, 4) is 5.75 Å². The Morgan fingerprint density at radius 1 is 1.17 bits per heavy atom. The maximum absolute atomic E-state index is 10.7. The van der Waals surface area contributed by atoms with E-state index >= 15 is 0 Å². The molecule has 1 aromatic carbocycles. The minimum Gasteiger partial charge on any atom is -0.468 e. The summed E-state index contributed by atoms with van der Waals surface area (Å²) in [6.07, 6.45) is 2.47. The van der Waals surface area contributed by atoms with Gasteiger partial charge >= 0.3 is 0 Å². The van der Waals surface area contributed by atoms with E-state index in [1.54, 1.807) is 7.11 Å². The third-order valence-electron chi connectivity index (χ3n) is 2.17. The third-order valence-corrected chi connectivity index (χ3v) is 2.77. The molecule has 0 atom stereocenters. The summed E-state index contributed by atoms with van der Waals surface area (Å²) >= 11 is 0. The minimum atomic E-state index is -3.33. The highest BCUT2D eigenvalue weighted by molar-refractivity contribution is 7.85. The Kier molecular flexibility index (Phi) is 6.11. The van der Waals surface area contributed by atoms with Crippen LogP contribution in [0.5, 0.6) is 5.75 Å².